The van der Waals surface area contributed by atoms with Crippen LogP contribution in [0, 0.1) is 0 Å². The van der Waals surface area contributed by atoms with Crippen molar-refractivity contribution < 1.29 is 9.53 Å². The summed E-state index contributed by atoms with van der Waals surface area (Å²) in [5.41, 5.74) is 4.92. The molecule has 0 aromatic heterocycles. The molecule has 0 radical (unpaired) electrons. The van der Waals surface area contributed by atoms with Gasteiger partial charge in [-0.1, -0.05) is 0 Å². The molecule has 0 aromatic rings. The Labute approximate surface area is 91.9 Å². The molecule has 1 fully saturated rings. The summed E-state index contributed by atoms with van der Waals surface area (Å²) in [6, 6.07) is -0.296. The molecule has 1 unspecified atom stereocenters. The summed E-state index contributed by atoms with van der Waals surface area (Å²) in [5.74, 6) is 0. The lowest BCUT2D eigenvalue weighted by atomic mass is 10.4. The van der Waals surface area contributed by atoms with Gasteiger partial charge in [-0.25, -0.2) is 0 Å². The summed E-state index contributed by atoms with van der Waals surface area (Å²) < 4.78 is 5.22. The quantitative estimate of drug-likeness (QED) is 0.596. The highest BCUT2D eigenvalue weighted by Crippen LogP contribution is 1.94. The van der Waals surface area contributed by atoms with Crippen LogP contribution in [0.2, 0.25) is 0 Å². The van der Waals surface area contributed by atoms with E-state index >= 15 is 0 Å². The van der Waals surface area contributed by atoms with Crippen molar-refractivity contribution in [2.45, 2.75) is 13.0 Å². The van der Waals surface area contributed by atoms with Crippen LogP contribution in [0.4, 0.5) is 0 Å². The first-order chi connectivity index (χ1) is 7.20. The minimum atomic E-state index is -0.296. The molecule has 15 heavy (non-hydrogen) atoms. The number of nitrogens with zero attached hydrogens (tertiary/aromatic N) is 1. The molecule has 1 aliphatic rings. The van der Waals surface area contributed by atoms with Gasteiger partial charge in [0.25, 0.3) is 0 Å². The average molecular weight is 217 g/mol. The van der Waals surface area contributed by atoms with Gasteiger partial charge in [-0.2, -0.15) is 0 Å². The molecule has 0 amide bonds. The molecule has 1 heterocycles. The van der Waals surface area contributed by atoms with Gasteiger partial charge in [-0.3, -0.25) is 4.90 Å². The number of hydrogen-bond donors (Lipinski definition) is 2. The smallest absolute Gasteiger partial charge is 0.136 e. The Hall–Kier alpha value is -0.490. The summed E-state index contributed by atoms with van der Waals surface area (Å²) in [5, 5.41) is 3.13. The predicted octanol–water partition coefficient (Wildman–Crippen LogP) is -0.929. The Morgan fingerprint density at radius 3 is 2.47 bits per heavy atom. The monoisotopic (exact) mass is 217 g/mol. The van der Waals surface area contributed by atoms with Gasteiger partial charge in [-0.05, 0) is 14.0 Å². The standard InChI is InChI=1S/C7H16N2O.C3H7NO/c1-8-2-3-9-4-6-10-7-5-9;1-3(4)2-5/h8H,2-7H2,1H3;2-3H,4H2,1H3. The first kappa shape index (κ1) is 14.5. The van der Waals surface area contributed by atoms with Gasteiger partial charge in [0.15, 0.2) is 0 Å². The molecular formula is C10H23N3O2. The largest absolute Gasteiger partial charge is 0.379 e. The fourth-order valence-electron chi connectivity index (χ4n) is 1.09. The first-order valence-electron chi connectivity index (χ1n) is 5.36. The summed E-state index contributed by atoms with van der Waals surface area (Å²) in [6.45, 7) is 7.88. The molecule has 5 heteroatoms. The number of carbonyl (C=O) groups excluding carboxylic acids is 1. The molecule has 0 aliphatic carbocycles. The van der Waals surface area contributed by atoms with Crippen LogP contribution in [0.3, 0.4) is 0 Å². The van der Waals surface area contributed by atoms with E-state index in [4.69, 9.17) is 10.5 Å². The van der Waals surface area contributed by atoms with Crippen LogP contribution in [0.5, 0.6) is 0 Å². The zero-order chi connectivity index (χ0) is 11.5. The predicted molar refractivity (Wildman–Crippen MR) is 60.9 cm³/mol. The Kier molecular flexibility index (Phi) is 9.71. The summed E-state index contributed by atoms with van der Waals surface area (Å²) in [7, 11) is 1.99. The minimum absolute atomic E-state index is 0.296. The number of nitrogens with two attached hydrogens (primary N) is 1. The second-order valence-corrected chi connectivity index (χ2v) is 3.55. The SMILES string of the molecule is CC(N)C=O.CNCCN1CCOCC1. The molecule has 0 saturated carbocycles. The highest BCUT2D eigenvalue weighted by atomic mass is 16.5. The number of rotatable bonds is 4. The highest BCUT2D eigenvalue weighted by Gasteiger charge is 2.07. The average Bonchev–Trinajstić information content (AvgIpc) is 2.28. The molecule has 1 aliphatic heterocycles. The number of ether oxygens (including phenoxy) is 1. The molecule has 5 nitrogen and oxygen atoms in total. The molecule has 1 atom stereocenters. The summed E-state index contributed by atoms with van der Waals surface area (Å²) in [4.78, 5) is 11.8. The number of aldehydes is 1. The molecule has 90 valence electrons. The van der Waals surface area contributed by atoms with Crippen LogP contribution in [0.15, 0.2) is 0 Å². The van der Waals surface area contributed by atoms with E-state index in [1.807, 2.05) is 7.05 Å². The van der Waals surface area contributed by atoms with Crippen LogP contribution >= 0.6 is 0 Å². The lowest BCUT2D eigenvalue weighted by molar-refractivity contribution is -0.108. The molecule has 0 bridgehead atoms. The van der Waals surface area contributed by atoms with E-state index < -0.39 is 0 Å². The third-order valence-corrected chi connectivity index (χ3v) is 2.00. The normalized spacial score (nSPS) is 18.9. The van der Waals surface area contributed by atoms with E-state index in [2.05, 4.69) is 10.2 Å². The fraction of sp³-hybridized carbons (Fsp3) is 0.900. The third-order valence-electron chi connectivity index (χ3n) is 2.00. The number of morpholine rings is 1. The second kappa shape index (κ2) is 10.0. The molecule has 0 aromatic carbocycles. The maximum Gasteiger partial charge on any atom is 0.136 e. The van der Waals surface area contributed by atoms with Crippen molar-refractivity contribution in [3.63, 3.8) is 0 Å². The Bertz CT molecular complexity index is 148. The van der Waals surface area contributed by atoms with Crippen molar-refractivity contribution in [3.05, 3.63) is 0 Å². The summed E-state index contributed by atoms with van der Waals surface area (Å²) in [6.07, 6.45) is 0.694. The van der Waals surface area contributed by atoms with Gasteiger partial charge >= 0.3 is 0 Å². The van der Waals surface area contributed by atoms with Crippen molar-refractivity contribution in [3.8, 4) is 0 Å². The highest BCUT2D eigenvalue weighted by molar-refractivity contribution is 5.55. The molecular weight excluding hydrogens is 194 g/mol. The van der Waals surface area contributed by atoms with E-state index in [0.717, 1.165) is 39.4 Å². The van der Waals surface area contributed by atoms with Gasteiger partial charge in [-0.15, -0.1) is 0 Å². The maximum atomic E-state index is 9.38. The van der Waals surface area contributed by atoms with Gasteiger partial charge in [0.05, 0.1) is 19.3 Å². The van der Waals surface area contributed by atoms with Gasteiger partial charge < -0.3 is 20.6 Å². The van der Waals surface area contributed by atoms with Crippen molar-refractivity contribution >= 4 is 6.29 Å². The lowest BCUT2D eigenvalue weighted by Crippen LogP contribution is -2.39. The van der Waals surface area contributed by atoms with E-state index in [1.54, 1.807) is 6.92 Å². The fourth-order valence-corrected chi connectivity index (χ4v) is 1.09. The maximum absolute atomic E-state index is 9.38. The van der Waals surface area contributed by atoms with E-state index in [1.165, 1.54) is 0 Å². The Morgan fingerprint density at radius 2 is 2.07 bits per heavy atom. The minimum Gasteiger partial charge on any atom is -0.379 e. The van der Waals surface area contributed by atoms with E-state index in [9.17, 15) is 4.79 Å². The Balaban J connectivity index is 0.000000336. The first-order valence-corrected chi connectivity index (χ1v) is 5.36. The number of nitrogens with one attached hydrogen (secondary N) is 1. The number of likely N-dealkylation sites (N-methyl/N-ethyl adjacent to an activating group) is 1. The van der Waals surface area contributed by atoms with Crippen molar-refractivity contribution in [2.24, 2.45) is 5.73 Å². The molecule has 1 saturated heterocycles. The molecule has 1 rings (SSSR count). The van der Waals surface area contributed by atoms with E-state index in [-0.39, 0.29) is 6.04 Å². The van der Waals surface area contributed by atoms with Crippen LogP contribution in [-0.4, -0.2) is 63.7 Å². The topological polar surface area (TPSA) is 67.6 Å². The van der Waals surface area contributed by atoms with Gasteiger partial charge in [0.1, 0.15) is 6.29 Å². The van der Waals surface area contributed by atoms with Crippen molar-refractivity contribution in [1.29, 1.82) is 0 Å². The zero-order valence-electron chi connectivity index (χ0n) is 9.74. The number of carbonyl (C=O) groups is 1. The van der Waals surface area contributed by atoms with Crippen LogP contribution in [0.1, 0.15) is 6.92 Å². The van der Waals surface area contributed by atoms with E-state index in [0.29, 0.717) is 6.29 Å². The van der Waals surface area contributed by atoms with Crippen molar-refractivity contribution in [2.75, 3.05) is 46.4 Å². The summed E-state index contributed by atoms with van der Waals surface area (Å²) >= 11 is 0. The molecule has 0 spiro atoms. The molecule has 3 N–H and O–H groups in total. The zero-order valence-corrected chi connectivity index (χ0v) is 9.74. The van der Waals surface area contributed by atoms with Crippen molar-refractivity contribution in [1.82, 2.24) is 10.2 Å². The van der Waals surface area contributed by atoms with Crippen LogP contribution in [-0.2, 0) is 9.53 Å². The van der Waals surface area contributed by atoms with Gasteiger partial charge in [0, 0.05) is 26.2 Å². The third kappa shape index (κ3) is 9.81. The lowest BCUT2D eigenvalue weighted by Gasteiger charge is -2.26. The second-order valence-electron chi connectivity index (χ2n) is 3.55. The number of hydrogen-bond acceptors (Lipinski definition) is 5. The van der Waals surface area contributed by atoms with Gasteiger partial charge in [0.2, 0.25) is 0 Å². The Morgan fingerprint density at radius 1 is 1.53 bits per heavy atom. The van der Waals surface area contributed by atoms with Crippen LogP contribution < -0.4 is 11.1 Å². The van der Waals surface area contributed by atoms with Crippen LogP contribution in [0.25, 0.3) is 0 Å².